The molecule has 10 heteroatoms. The SMILES string of the molecule is O=C1N(CCCl)C2C(N1CCCl)N(CCCl)C(=O)N2CCCl. The minimum atomic E-state index is -0.399. The van der Waals surface area contributed by atoms with Crippen LogP contribution in [0.3, 0.4) is 0 Å². The van der Waals surface area contributed by atoms with Crippen molar-refractivity contribution in [2.24, 2.45) is 0 Å². The van der Waals surface area contributed by atoms with Crippen molar-refractivity contribution < 1.29 is 9.59 Å². The van der Waals surface area contributed by atoms with Gasteiger partial charge in [-0.05, 0) is 0 Å². The predicted octanol–water partition coefficient (Wildman–Crippen LogP) is 2.07. The molecule has 4 amide bonds. The van der Waals surface area contributed by atoms with E-state index in [2.05, 4.69) is 0 Å². The van der Waals surface area contributed by atoms with E-state index < -0.39 is 12.3 Å². The number of alkyl halides is 4. The largest absolute Gasteiger partial charge is 0.323 e. The van der Waals surface area contributed by atoms with Crippen molar-refractivity contribution in [2.75, 3.05) is 49.7 Å². The summed E-state index contributed by atoms with van der Waals surface area (Å²) in [4.78, 5) is 31.7. The molecule has 6 nitrogen and oxygen atoms in total. The van der Waals surface area contributed by atoms with Crippen LogP contribution in [0, 0.1) is 0 Å². The molecular weight excluding hydrogens is 374 g/mol. The number of carbonyl (C=O) groups excluding carboxylic acids is 2. The Morgan fingerprint density at radius 2 is 0.818 bits per heavy atom. The number of fused-ring (bicyclic) bond motifs is 1. The fourth-order valence-corrected chi connectivity index (χ4v) is 3.77. The molecule has 2 aliphatic rings. The second kappa shape index (κ2) is 7.99. The van der Waals surface area contributed by atoms with Crippen molar-refractivity contribution in [3.8, 4) is 0 Å². The first-order chi connectivity index (χ1) is 10.6. The van der Waals surface area contributed by atoms with E-state index in [0.29, 0.717) is 49.7 Å². The Balaban J connectivity index is 2.36. The number of halogens is 4. The van der Waals surface area contributed by atoms with Crippen LogP contribution in [-0.4, -0.2) is 93.7 Å². The van der Waals surface area contributed by atoms with Crippen LogP contribution >= 0.6 is 46.4 Å². The van der Waals surface area contributed by atoms with E-state index in [-0.39, 0.29) is 12.1 Å². The quantitative estimate of drug-likeness (QED) is 0.594. The molecule has 0 aromatic heterocycles. The van der Waals surface area contributed by atoms with Crippen LogP contribution in [0.4, 0.5) is 9.59 Å². The smallest absolute Gasteiger partial charge is 0.299 e. The Morgan fingerprint density at radius 1 is 0.591 bits per heavy atom. The summed E-state index contributed by atoms with van der Waals surface area (Å²) < 4.78 is 0. The van der Waals surface area contributed by atoms with Crippen molar-refractivity contribution in [1.29, 1.82) is 0 Å². The fourth-order valence-electron chi connectivity index (χ4n) is 3.04. The highest BCUT2D eigenvalue weighted by molar-refractivity contribution is 6.19. The monoisotopic (exact) mass is 390 g/mol. The molecule has 22 heavy (non-hydrogen) atoms. The summed E-state index contributed by atoms with van der Waals surface area (Å²) in [5.41, 5.74) is 0. The number of hydrogen-bond donors (Lipinski definition) is 0. The van der Waals surface area contributed by atoms with E-state index in [1.54, 1.807) is 19.6 Å². The summed E-state index contributed by atoms with van der Waals surface area (Å²) in [7, 11) is 0. The minimum absolute atomic E-state index is 0.164. The average molecular weight is 392 g/mol. The van der Waals surface area contributed by atoms with Gasteiger partial charge in [0.15, 0.2) is 0 Å². The average Bonchev–Trinajstić information content (AvgIpc) is 2.90. The van der Waals surface area contributed by atoms with E-state index in [0.717, 1.165) is 0 Å². The molecule has 0 spiro atoms. The first-order valence-electron chi connectivity index (χ1n) is 7.00. The van der Waals surface area contributed by atoms with Gasteiger partial charge in [0.05, 0.1) is 0 Å². The third kappa shape index (κ3) is 3.03. The molecule has 0 radical (unpaired) electrons. The van der Waals surface area contributed by atoms with Gasteiger partial charge in [-0.25, -0.2) is 9.59 Å². The van der Waals surface area contributed by atoms with Crippen LogP contribution in [-0.2, 0) is 0 Å². The summed E-state index contributed by atoms with van der Waals surface area (Å²) in [6, 6.07) is -0.328. The molecule has 0 unspecified atom stereocenters. The molecule has 2 saturated heterocycles. The van der Waals surface area contributed by atoms with E-state index in [1.165, 1.54) is 0 Å². The highest BCUT2D eigenvalue weighted by Gasteiger charge is 2.58. The molecule has 2 heterocycles. The van der Waals surface area contributed by atoms with Crippen molar-refractivity contribution >= 4 is 58.5 Å². The van der Waals surface area contributed by atoms with Gasteiger partial charge in [-0.1, -0.05) is 0 Å². The Bertz CT molecular complexity index is 358. The number of urea groups is 2. The normalized spacial score (nSPS) is 24.7. The summed E-state index contributed by atoms with van der Waals surface area (Å²) in [5.74, 6) is 1.17. The molecule has 0 aromatic carbocycles. The van der Waals surface area contributed by atoms with Gasteiger partial charge >= 0.3 is 12.1 Å². The topological polar surface area (TPSA) is 47.1 Å². The van der Waals surface area contributed by atoms with Crippen LogP contribution in [0.1, 0.15) is 0 Å². The highest BCUT2D eigenvalue weighted by atomic mass is 35.5. The van der Waals surface area contributed by atoms with E-state index in [9.17, 15) is 9.59 Å². The van der Waals surface area contributed by atoms with Crippen LogP contribution < -0.4 is 0 Å². The number of carbonyl (C=O) groups is 2. The lowest BCUT2D eigenvalue weighted by Gasteiger charge is -2.29. The highest BCUT2D eigenvalue weighted by Crippen LogP contribution is 2.34. The summed E-state index contributed by atoms with van der Waals surface area (Å²) in [5, 5.41) is 0. The lowest BCUT2D eigenvalue weighted by molar-refractivity contribution is 0.135. The lowest BCUT2D eigenvalue weighted by Crippen LogP contribution is -2.48. The number of amides is 4. The zero-order chi connectivity index (χ0) is 16.3. The molecular formula is C12H18Cl4N4O2. The molecule has 0 aliphatic carbocycles. The van der Waals surface area contributed by atoms with E-state index >= 15 is 0 Å². The zero-order valence-corrected chi connectivity index (χ0v) is 15.0. The fraction of sp³-hybridized carbons (Fsp3) is 0.833. The van der Waals surface area contributed by atoms with Gasteiger partial charge in [-0.3, -0.25) is 19.6 Å². The molecule has 0 saturated carbocycles. The van der Waals surface area contributed by atoms with Gasteiger partial charge in [0.1, 0.15) is 12.3 Å². The number of rotatable bonds is 8. The molecule has 2 fully saturated rings. The van der Waals surface area contributed by atoms with Crippen molar-refractivity contribution in [3.05, 3.63) is 0 Å². The van der Waals surface area contributed by atoms with Gasteiger partial charge < -0.3 is 0 Å². The number of nitrogens with zero attached hydrogens (tertiary/aromatic N) is 4. The predicted molar refractivity (Wildman–Crippen MR) is 88.1 cm³/mol. The van der Waals surface area contributed by atoms with Gasteiger partial charge in [0.2, 0.25) is 0 Å². The lowest BCUT2D eigenvalue weighted by atomic mass is 10.3. The Morgan fingerprint density at radius 3 is 1.00 bits per heavy atom. The summed E-state index contributed by atoms with van der Waals surface area (Å²) in [6.45, 7) is 1.45. The minimum Gasteiger partial charge on any atom is -0.299 e. The standard InChI is InChI=1S/C12H18Cl4N4O2/c13-1-5-17-9-10(19(7-3-15)11(17)21)20(8-4-16)12(22)18(9)6-2-14/h9-10H,1-8H2. The maximum atomic E-state index is 12.6. The van der Waals surface area contributed by atoms with Crippen LogP contribution in [0.2, 0.25) is 0 Å². The second-order valence-electron chi connectivity index (χ2n) is 4.92. The van der Waals surface area contributed by atoms with Gasteiger partial charge in [0, 0.05) is 49.7 Å². The van der Waals surface area contributed by atoms with Crippen LogP contribution in [0.15, 0.2) is 0 Å². The summed E-state index contributed by atoms with van der Waals surface area (Å²) in [6.07, 6.45) is -0.798. The number of hydrogen-bond acceptors (Lipinski definition) is 2. The Hall–Kier alpha value is -0.300. The second-order valence-corrected chi connectivity index (χ2v) is 6.43. The van der Waals surface area contributed by atoms with Crippen molar-refractivity contribution in [3.63, 3.8) is 0 Å². The Kier molecular flexibility index (Phi) is 6.56. The molecule has 0 atom stereocenters. The molecule has 126 valence electrons. The Labute approximate surface area is 149 Å². The first-order valence-corrected chi connectivity index (χ1v) is 9.14. The van der Waals surface area contributed by atoms with Crippen molar-refractivity contribution in [1.82, 2.24) is 19.6 Å². The summed E-state index contributed by atoms with van der Waals surface area (Å²) >= 11 is 23.3. The molecule has 0 bridgehead atoms. The molecule has 0 N–H and O–H groups in total. The van der Waals surface area contributed by atoms with Gasteiger partial charge in [-0.2, -0.15) is 0 Å². The van der Waals surface area contributed by atoms with E-state index in [1.807, 2.05) is 0 Å². The third-order valence-corrected chi connectivity index (χ3v) is 4.50. The molecule has 0 aromatic rings. The maximum absolute atomic E-state index is 12.6. The van der Waals surface area contributed by atoms with Gasteiger partial charge in [0.25, 0.3) is 0 Å². The van der Waals surface area contributed by atoms with E-state index in [4.69, 9.17) is 46.4 Å². The zero-order valence-electron chi connectivity index (χ0n) is 11.9. The third-order valence-electron chi connectivity index (χ3n) is 3.83. The van der Waals surface area contributed by atoms with Crippen LogP contribution in [0.25, 0.3) is 0 Å². The van der Waals surface area contributed by atoms with Gasteiger partial charge in [-0.15, -0.1) is 46.4 Å². The maximum Gasteiger partial charge on any atom is 0.323 e. The first kappa shape index (κ1) is 18.0. The van der Waals surface area contributed by atoms with Crippen LogP contribution in [0.5, 0.6) is 0 Å². The van der Waals surface area contributed by atoms with Crippen molar-refractivity contribution in [2.45, 2.75) is 12.3 Å². The molecule has 2 aliphatic heterocycles. The molecule has 2 rings (SSSR count).